The van der Waals surface area contributed by atoms with Crippen molar-refractivity contribution in [3.05, 3.63) is 24.2 Å². The van der Waals surface area contributed by atoms with Gasteiger partial charge in [-0.3, -0.25) is 4.79 Å². The van der Waals surface area contributed by atoms with Crippen LogP contribution in [-0.2, 0) is 14.3 Å². The minimum absolute atomic E-state index is 0.188. The summed E-state index contributed by atoms with van der Waals surface area (Å²) in [7, 11) is 0. The van der Waals surface area contributed by atoms with Gasteiger partial charge in [0.25, 0.3) is 0 Å². The van der Waals surface area contributed by atoms with E-state index in [1.54, 1.807) is 13.0 Å². The minimum atomic E-state index is -5.08. The molecule has 1 atom stereocenters. The predicted octanol–water partition coefficient (Wildman–Crippen LogP) is 1.87. The molecule has 1 aromatic heterocycles. The number of nitrogens with two attached hydrogens (primary N) is 1. The number of aliphatic carboxylic acids is 1. The van der Waals surface area contributed by atoms with Gasteiger partial charge >= 0.3 is 18.1 Å². The number of carboxylic acids is 1. The van der Waals surface area contributed by atoms with Crippen LogP contribution in [-0.4, -0.2) is 29.8 Å². The van der Waals surface area contributed by atoms with Crippen molar-refractivity contribution in [1.29, 1.82) is 0 Å². The lowest BCUT2D eigenvalue weighted by Crippen LogP contribution is -2.21. The van der Waals surface area contributed by atoms with Gasteiger partial charge in [0.05, 0.1) is 25.6 Å². The lowest BCUT2D eigenvalue weighted by atomic mass is 10.1. The molecule has 1 unspecified atom stereocenters. The molecule has 0 amide bonds. The highest BCUT2D eigenvalue weighted by molar-refractivity contribution is 5.73. The van der Waals surface area contributed by atoms with Gasteiger partial charge in [-0.25, -0.2) is 4.79 Å². The Kier molecular flexibility index (Phi) is 7.37. The average Bonchev–Trinajstić information content (AvgIpc) is 2.81. The molecular formula is C11H14F3NO5. The van der Waals surface area contributed by atoms with Crippen molar-refractivity contribution in [3.8, 4) is 0 Å². The van der Waals surface area contributed by atoms with Crippen LogP contribution in [0, 0.1) is 0 Å². The zero-order valence-electron chi connectivity index (χ0n) is 10.5. The Morgan fingerprint density at radius 2 is 2.05 bits per heavy atom. The highest BCUT2D eigenvalue weighted by Gasteiger charge is 2.38. The van der Waals surface area contributed by atoms with Crippen molar-refractivity contribution in [2.75, 3.05) is 6.61 Å². The first-order valence-corrected chi connectivity index (χ1v) is 5.41. The molecule has 1 heterocycles. The van der Waals surface area contributed by atoms with Crippen LogP contribution in [0.3, 0.4) is 0 Å². The second-order valence-corrected chi connectivity index (χ2v) is 3.48. The fourth-order valence-electron chi connectivity index (χ4n) is 1.00. The second kappa shape index (κ2) is 8.20. The summed E-state index contributed by atoms with van der Waals surface area (Å²) in [5.74, 6) is -3.04. The van der Waals surface area contributed by atoms with Gasteiger partial charge in [0.2, 0.25) is 0 Å². The number of ether oxygens (including phenoxy) is 1. The number of halogens is 3. The van der Waals surface area contributed by atoms with Crippen LogP contribution in [0.25, 0.3) is 0 Å². The normalized spacial score (nSPS) is 12.1. The van der Waals surface area contributed by atoms with Crippen LogP contribution < -0.4 is 5.73 Å². The van der Waals surface area contributed by atoms with Crippen LogP contribution in [0.4, 0.5) is 13.2 Å². The molecule has 0 radical (unpaired) electrons. The highest BCUT2D eigenvalue weighted by Crippen LogP contribution is 2.14. The molecule has 0 spiro atoms. The first kappa shape index (κ1) is 18.0. The largest absolute Gasteiger partial charge is 0.490 e. The number of carbonyl (C=O) groups is 2. The second-order valence-electron chi connectivity index (χ2n) is 3.48. The standard InChI is InChI=1S/C9H13NO3.C2HF3O2/c1-2-13-9(11)5-8(10)7-3-4-12-6-7;3-2(4,5)1(6)7/h3-4,6,8H,2,5,10H2,1H3;(H,6,7). The number of alkyl halides is 3. The van der Waals surface area contributed by atoms with E-state index in [2.05, 4.69) is 0 Å². The zero-order valence-corrected chi connectivity index (χ0v) is 10.5. The van der Waals surface area contributed by atoms with Crippen LogP contribution >= 0.6 is 0 Å². The van der Waals surface area contributed by atoms with E-state index < -0.39 is 12.1 Å². The van der Waals surface area contributed by atoms with Crippen molar-refractivity contribution < 1.29 is 37.0 Å². The Morgan fingerprint density at radius 1 is 1.50 bits per heavy atom. The Morgan fingerprint density at radius 3 is 2.40 bits per heavy atom. The summed E-state index contributed by atoms with van der Waals surface area (Å²) in [6.07, 6.45) is -1.84. The van der Waals surface area contributed by atoms with Gasteiger partial charge in [-0.15, -0.1) is 0 Å². The molecule has 0 bridgehead atoms. The van der Waals surface area contributed by atoms with Gasteiger partial charge in [0.1, 0.15) is 0 Å². The molecule has 0 fully saturated rings. The van der Waals surface area contributed by atoms with Crippen molar-refractivity contribution in [2.24, 2.45) is 5.73 Å². The fourth-order valence-corrected chi connectivity index (χ4v) is 1.00. The molecule has 0 aromatic carbocycles. The minimum Gasteiger partial charge on any atom is -0.475 e. The summed E-state index contributed by atoms with van der Waals surface area (Å²) in [4.78, 5) is 19.9. The van der Waals surface area contributed by atoms with Crippen molar-refractivity contribution in [1.82, 2.24) is 0 Å². The SMILES string of the molecule is CCOC(=O)CC(N)c1ccoc1.O=C(O)C(F)(F)F. The molecule has 0 saturated carbocycles. The first-order valence-electron chi connectivity index (χ1n) is 5.41. The predicted molar refractivity (Wildman–Crippen MR) is 60.6 cm³/mol. The smallest absolute Gasteiger partial charge is 0.475 e. The van der Waals surface area contributed by atoms with E-state index in [-0.39, 0.29) is 18.4 Å². The third-order valence-electron chi connectivity index (χ3n) is 1.91. The van der Waals surface area contributed by atoms with Crippen molar-refractivity contribution in [2.45, 2.75) is 25.6 Å². The molecule has 9 heteroatoms. The van der Waals surface area contributed by atoms with Gasteiger partial charge in [-0.1, -0.05) is 0 Å². The molecule has 1 rings (SSSR count). The van der Waals surface area contributed by atoms with Crippen LogP contribution in [0.1, 0.15) is 24.9 Å². The summed E-state index contributed by atoms with van der Waals surface area (Å²) in [5, 5.41) is 7.12. The van der Waals surface area contributed by atoms with E-state index in [0.29, 0.717) is 6.61 Å². The lowest BCUT2D eigenvalue weighted by Gasteiger charge is -2.07. The van der Waals surface area contributed by atoms with E-state index in [1.807, 2.05) is 0 Å². The Hall–Kier alpha value is -2.03. The van der Waals surface area contributed by atoms with Gasteiger partial charge in [0, 0.05) is 11.6 Å². The van der Waals surface area contributed by atoms with Crippen molar-refractivity contribution in [3.63, 3.8) is 0 Å². The van der Waals surface area contributed by atoms with Gasteiger partial charge in [-0.2, -0.15) is 13.2 Å². The van der Waals surface area contributed by atoms with Crippen LogP contribution in [0.15, 0.2) is 23.0 Å². The van der Waals surface area contributed by atoms with E-state index in [4.69, 9.17) is 24.8 Å². The number of furan rings is 1. The number of hydrogen-bond donors (Lipinski definition) is 2. The van der Waals surface area contributed by atoms with E-state index >= 15 is 0 Å². The zero-order chi connectivity index (χ0) is 15.8. The number of hydrogen-bond acceptors (Lipinski definition) is 5. The highest BCUT2D eigenvalue weighted by atomic mass is 19.4. The average molecular weight is 297 g/mol. The molecule has 1 aromatic rings. The van der Waals surface area contributed by atoms with Crippen molar-refractivity contribution >= 4 is 11.9 Å². The molecular weight excluding hydrogens is 283 g/mol. The maximum absolute atomic E-state index is 11.0. The van der Waals surface area contributed by atoms with Gasteiger partial charge in [0.15, 0.2) is 0 Å². The number of esters is 1. The number of rotatable bonds is 4. The summed E-state index contributed by atoms with van der Waals surface area (Å²) in [6, 6.07) is 1.40. The summed E-state index contributed by atoms with van der Waals surface area (Å²) < 4.78 is 41.3. The topological polar surface area (TPSA) is 103 Å². The van der Waals surface area contributed by atoms with E-state index in [9.17, 15) is 18.0 Å². The maximum Gasteiger partial charge on any atom is 0.490 e. The molecule has 6 nitrogen and oxygen atoms in total. The Balaban J connectivity index is 0.000000441. The van der Waals surface area contributed by atoms with E-state index in [1.165, 1.54) is 12.5 Å². The summed E-state index contributed by atoms with van der Waals surface area (Å²) in [6.45, 7) is 2.15. The third kappa shape index (κ3) is 7.41. The molecule has 20 heavy (non-hydrogen) atoms. The first-order chi connectivity index (χ1) is 9.18. The molecule has 114 valence electrons. The molecule has 0 aliphatic rings. The Bertz CT molecular complexity index is 416. The van der Waals surface area contributed by atoms with Crippen LogP contribution in [0.5, 0.6) is 0 Å². The third-order valence-corrected chi connectivity index (χ3v) is 1.91. The number of carbonyl (C=O) groups excluding carboxylic acids is 1. The lowest BCUT2D eigenvalue weighted by molar-refractivity contribution is -0.192. The quantitative estimate of drug-likeness (QED) is 0.822. The molecule has 0 aliphatic heterocycles. The summed E-state index contributed by atoms with van der Waals surface area (Å²) in [5.41, 5.74) is 6.52. The molecule has 3 N–H and O–H groups in total. The van der Waals surface area contributed by atoms with Gasteiger partial charge in [-0.05, 0) is 13.0 Å². The monoisotopic (exact) mass is 297 g/mol. The van der Waals surface area contributed by atoms with E-state index in [0.717, 1.165) is 5.56 Å². The maximum atomic E-state index is 11.0. The number of carboxylic acid groups (broad SMARTS) is 1. The molecule has 0 aliphatic carbocycles. The fraction of sp³-hybridized carbons (Fsp3) is 0.455. The van der Waals surface area contributed by atoms with Gasteiger partial charge < -0.3 is 20.0 Å². The molecule has 0 saturated heterocycles. The van der Waals surface area contributed by atoms with Crippen LogP contribution in [0.2, 0.25) is 0 Å². The summed E-state index contributed by atoms with van der Waals surface area (Å²) >= 11 is 0. The Labute approximate surface area is 112 Å².